The molecule has 2 N–H and O–H groups in total. The maximum atomic E-state index is 11.8. The minimum atomic E-state index is -0.0974. The Hall–Kier alpha value is -0.610. The summed E-state index contributed by atoms with van der Waals surface area (Å²) in [5.74, 6) is 1.21. The van der Waals surface area contributed by atoms with E-state index in [1.165, 1.54) is 25.9 Å². The molecule has 1 fully saturated rings. The quantitative estimate of drug-likeness (QED) is 0.701. The van der Waals surface area contributed by atoms with E-state index in [0.717, 1.165) is 19.6 Å². The third-order valence-corrected chi connectivity index (χ3v) is 3.62. The molecule has 0 aromatic rings. The second-order valence-electron chi connectivity index (χ2n) is 6.38. The zero-order valence-corrected chi connectivity index (χ0v) is 13.0. The van der Waals surface area contributed by atoms with Gasteiger partial charge in [0.1, 0.15) is 0 Å². The van der Waals surface area contributed by atoms with Gasteiger partial charge in [-0.05, 0) is 51.2 Å². The van der Waals surface area contributed by atoms with Crippen LogP contribution in [-0.4, -0.2) is 49.6 Å². The third kappa shape index (κ3) is 6.92. The van der Waals surface area contributed by atoms with E-state index in [1.807, 2.05) is 6.92 Å². The molecule has 1 saturated heterocycles. The standard InChI is InChI=1S/C15H31N3O/c1-12(2)9-17-15(19)14(4)16-10-13(3)11-18-7-5-6-8-18/h12-14,16H,5-11H2,1-4H3,(H,17,19). The van der Waals surface area contributed by atoms with E-state index in [9.17, 15) is 4.79 Å². The van der Waals surface area contributed by atoms with Crippen molar-refractivity contribution < 1.29 is 4.79 Å². The lowest BCUT2D eigenvalue weighted by atomic mass is 10.1. The Balaban J connectivity index is 2.13. The molecule has 19 heavy (non-hydrogen) atoms. The third-order valence-electron chi connectivity index (χ3n) is 3.62. The Morgan fingerprint density at radius 1 is 1.11 bits per heavy atom. The molecule has 0 aliphatic carbocycles. The number of amides is 1. The highest BCUT2D eigenvalue weighted by atomic mass is 16.2. The fourth-order valence-corrected chi connectivity index (χ4v) is 2.40. The van der Waals surface area contributed by atoms with Crippen molar-refractivity contribution in [1.82, 2.24) is 15.5 Å². The molecule has 1 rings (SSSR count). The van der Waals surface area contributed by atoms with Gasteiger partial charge in [0.05, 0.1) is 6.04 Å². The van der Waals surface area contributed by atoms with Crippen molar-refractivity contribution in [3.05, 3.63) is 0 Å². The van der Waals surface area contributed by atoms with Gasteiger partial charge in [0.15, 0.2) is 0 Å². The van der Waals surface area contributed by atoms with Crippen molar-refractivity contribution >= 4 is 5.91 Å². The SMILES string of the molecule is CC(C)CNC(=O)C(C)NCC(C)CN1CCCC1. The second kappa shape index (κ2) is 8.54. The normalized spacial score (nSPS) is 19.6. The Bertz CT molecular complexity index is 262. The van der Waals surface area contributed by atoms with Crippen LogP contribution in [0.4, 0.5) is 0 Å². The van der Waals surface area contributed by atoms with Crippen LogP contribution < -0.4 is 10.6 Å². The van der Waals surface area contributed by atoms with Gasteiger partial charge in [-0.25, -0.2) is 0 Å². The second-order valence-corrected chi connectivity index (χ2v) is 6.38. The van der Waals surface area contributed by atoms with Crippen LogP contribution in [0.25, 0.3) is 0 Å². The molecule has 112 valence electrons. The molecule has 1 amide bonds. The molecule has 4 heteroatoms. The van der Waals surface area contributed by atoms with Gasteiger partial charge in [-0.2, -0.15) is 0 Å². The van der Waals surface area contributed by atoms with E-state index >= 15 is 0 Å². The van der Waals surface area contributed by atoms with Crippen molar-refractivity contribution in [3.8, 4) is 0 Å². The Morgan fingerprint density at radius 2 is 1.74 bits per heavy atom. The largest absolute Gasteiger partial charge is 0.354 e. The smallest absolute Gasteiger partial charge is 0.236 e. The Kier molecular flexibility index (Phi) is 7.39. The molecule has 0 saturated carbocycles. The summed E-state index contributed by atoms with van der Waals surface area (Å²) in [5, 5.41) is 6.31. The fourth-order valence-electron chi connectivity index (χ4n) is 2.40. The molecule has 2 unspecified atom stereocenters. The first kappa shape index (κ1) is 16.4. The molecule has 0 aromatic carbocycles. The number of hydrogen-bond acceptors (Lipinski definition) is 3. The van der Waals surface area contributed by atoms with Gasteiger partial charge in [-0.15, -0.1) is 0 Å². The monoisotopic (exact) mass is 269 g/mol. The molecular formula is C15H31N3O. The highest BCUT2D eigenvalue weighted by Gasteiger charge is 2.17. The van der Waals surface area contributed by atoms with Crippen LogP contribution in [0, 0.1) is 11.8 Å². The number of nitrogens with zero attached hydrogens (tertiary/aromatic N) is 1. The molecule has 1 aliphatic heterocycles. The molecular weight excluding hydrogens is 238 g/mol. The predicted molar refractivity (Wildman–Crippen MR) is 80.2 cm³/mol. The molecule has 1 heterocycles. The van der Waals surface area contributed by atoms with Crippen LogP contribution in [0.3, 0.4) is 0 Å². The van der Waals surface area contributed by atoms with Crippen LogP contribution in [0.5, 0.6) is 0 Å². The van der Waals surface area contributed by atoms with Crippen molar-refractivity contribution in [1.29, 1.82) is 0 Å². The van der Waals surface area contributed by atoms with E-state index in [4.69, 9.17) is 0 Å². The molecule has 0 radical (unpaired) electrons. The van der Waals surface area contributed by atoms with E-state index in [-0.39, 0.29) is 11.9 Å². The summed E-state index contributed by atoms with van der Waals surface area (Å²) in [6, 6.07) is -0.0974. The van der Waals surface area contributed by atoms with E-state index in [1.54, 1.807) is 0 Å². The minimum absolute atomic E-state index is 0.0974. The maximum Gasteiger partial charge on any atom is 0.236 e. The molecule has 4 nitrogen and oxygen atoms in total. The first-order valence-corrected chi connectivity index (χ1v) is 7.72. The van der Waals surface area contributed by atoms with Crippen LogP contribution in [0.1, 0.15) is 40.5 Å². The lowest BCUT2D eigenvalue weighted by molar-refractivity contribution is -0.122. The van der Waals surface area contributed by atoms with Gasteiger partial charge in [-0.1, -0.05) is 20.8 Å². The maximum absolute atomic E-state index is 11.8. The number of nitrogens with one attached hydrogen (secondary N) is 2. The van der Waals surface area contributed by atoms with Crippen molar-refractivity contribution in [3.63, 3.8) is 0 Å². The summed E-state index contributed by atoms with van der Waals surface area (Å²) in [4.78, 5) is 14.3. The van der Waals surface area contributed by atoms with Gasteiger partial charge in [0.2, 0.25) is 5.91 Å². The van der Waals surface area contributed by atoms with E-state index in [0.29, 0.717) is 11.8 Å². The lowest BCUT2D eigenvalue weighted by Gasteiger charge is -2.22. The van der Waals surface area contributed by atoms with Crippen LogP contribution in [0.15, 0.2) is 0 Å². The molecule has 2 atom stereocenters. The summed E-state index contributed by atoms with van der Waals surface area (Å²) in [7, 11) is 0. The number of carbonyl (C=O) groups excluding carboxylic acids is 1. The summed E-state index contributed by atoms with van der Waals surface area (Å²) in [6.45, 7) is 13.7. The van der Waals surface area contributed by atoms with Crippen LogP contribution >= 0.6 is 0 Å². The van der Waals surface area contributed by atoms with Gasteiger partial charge >= 0.3 is 0 Å². The van der Waals surface area contributed by atoms with Crippen LogP contribution in [-0.2, 0) is 4.79 Å². The lowest BCUT2D eigenvalue weighted by Crippen LogP contribution is -2.45. The summed E-state index contributed by atoms with van der Waals surface area (Å²) in [6.07, 6.45) is 2.68. The predicted octanol–water partition coefficient (Wildman–Crippen LogP) is 1.47. The average molecular weight is 269 g/mol. The molecule has 0 bridgehead atoms. The molecule has 0 aromatic heterocycles. The topological polar surface area (TPSA) is 44.4 Å². The van der Waals surface area contributed by atoms with Gasteiger partial charge in [0, 0.05) is 13.1 Å². The number of likely N-dealkylation sites (tertiary alicyclic amines) is 1. The van der Waals surface area contributed by atoms with Crippen molar-refractivity contribution in [2.75, 3.05) is 32.7 Å². The Labute approximate surface area is 118 Å². The van der Waals surface area contributed by atoms with Crippen molar-refractivity contribution in [2.45, 2.75) is 46.6 Å². The molecule has 0 spiro atoms. The van der Waals surface area contributed by atoms with E-state index < -0.39 is 0 Å². The first-order chi connectivity index (χ1) is 8.99. The highest BCUT2D eigenvalue weighted by molar-refractivity contribution is 5.81. The Morgan fingerprint density at radius 3 is 2.32 bits per heavy atom. The van der Waals surface area contributed by atoms with Gasteiger partial charge in [-0.3, -0.25) is 4.79 Å². The van der Waals surface area contributed by atoms with Gasteiger partial charge in [0.25, 0.3) is 0 Å². The first-order valence-electron chi connectivity index (χ1n) is 7.72. The zero-order chi connectivity index (χ0) is 14.3. The minimum Gasteiger partial charge on any atom is -0.354 e. The van der Waals surface area contributed by atoms with Crippen molar-refractivity contribution in [2.24, 2.45) is 11.8 Å². The highest BCUT2D eigenvalue weighted by Crippen LogP contribution is 2.09. The number of rotatable bonds is 8. The molecule has 1 aliphatic rings. The summed E-state index contributed by atoms with van der Waals surface area (Å²) >= 11 is 0. The fraction of sp³-hybridized carbons (Fsp3) is 0.933. The van der Waals surface area contributed by atoms with E-state index in [2.05, 4.69) is 36.3 Å². The van der Waals surface area contributed by atoms with Gasteiger partial charge < -0.3 is 15.5 Å². The summed E-state index contributed by atoms with van der Waals surface area (Å²) in [5.41, 5.74) is 0. The zero-order valence-electron chi connectivity index (χ0n) is 13.0. The average Bonchev–Trinajstić information content (AvgIpc) is 2.85. The summed E-state index contributed by atoms with van der Waals surface area (Å²) < 4.78 is 0. The number of hydrogen-bond donors (Lipinski definition) is 2. The number of carbonyl (C=O) groups is 1. The van der Waals surface area contributed by atoms with Crippen LogP contribution in [0.2, 0.25) is 0 Å².